The van der Waals surface area contributed by atoms with Crippen molar-refractivity contribution in [1.82, 2.24) is 0 Å². The van der Waals surface area contributed by atoms with Gasteiger partial charge in [0.05, 0.1) is 0 Å². The molecule has 6 heteroatoms. The lowest BCUT2D eigenvalue weighted by molar-refractivity contribution is -0.275. The summed E-state index contributed by atoms with van der Waals surface area (Å²) in [5.41, 5.74) is -0.0462. The first kappa shape index (κ1) is 13.2. The Balaban J connectivity index is 2.98. The maximum atomic E-state index is 13.2. The summed E-state index contributed by atoms with van der Waals surface area (Å²) in [5.74, 6) is -2.70. The zero-order chi connectivity index (χ0) is 13.1. The minimum Gasteiger partial charge on any atom is -0.403 e. The molecular formula is C11H8F4O2. The Hall–Kier alpha value is -1.85. The molecule has 0 spiro atoms. The van der Waals surface area contributed by atoms with Crippen molar-refractivity contribution in [2.75, 3.05) is 0 Å². The number of hydrogen-bond acceptors (Lipinski definition) is 2. The predicted molar refractivity (Wildman–Crippen MR) is 52.2 cm³/mol. The highest BCUT2D eigenvalue weighted by Crippen LogP contribution is 2.26. The molecule has 1 aromatic rings. The molecule has 17 heavy (non-hydrogen) atoms. The smallest absolute Gasteiger partial charge is 0.403 e. The van der Waals surface area contributed by atoms with Crippen molar-refractivity contribution in [1.29, 1.82) is 0 Å². The summed E-state index contributed by atoms with van der Waals surface area (Å²) in [5, 5.41) is 0. The third kappa shape index (κ3) is 3.90. The van der Waals surface area contributed by atoms with Gasteiger partial charge < -0.3 is 4.74 Å². The van der Waals surface area contributed by atoms with Crippen LogP contribution in [0.15, 0.2) is 30.4 Å². The molecule has 0 N–H and O–H groups in total. The van der Waals surface area contributed by atoms with E-state index < -0.39 is 23.7 Å². The van der Waals surface area contributed by atoms with Crippen molar-refractivity contribution in [3.05, 3.63) is 41.7 Å². The standard InChI is InChI=1S/C11H8F4O2/c1-2-3-9(16)7-4-5-10(8(12)6-7)17-11(13,14)15/h2-6H,1H3/b3-2+. The third-order valence-corrected chi connectivity index (χ3v) is 1.76. The number of rotatable bonds is 3. The van der Waals surface area contributed by atoms with E-state index in [0.717, 1.165) is 12.1 Å². The van der Waals surface area contributed by atoms with Crippen molar-refractivity contribution in [3.8, 4) is 5.75 Å². The Morgan fingerprint density at radius 1 is 1.35 bits per heavy atom. The molecule has 0 aliphatic carbocycles. The summed E-state index contributed by atoms with van der Waals surface area (Å²) >= 11 is 0. The van der Waals surface area contributed by atoms with Gasteiger partial charge in [0, 0.05) is 5.56 Å². The number of ether oxygens (including phenoxy) is 1. The lowest BCUT2D eigenvalue weighted by Gasteiger charge is -2.09. The number of alkyl halides is 3. The van der Waals surface area contributed by atoms with Gasteiger partial charge in [-0.15, -0.1) is 13.2 Å². The lowest BCUT2D eigenvalue weighted by Crippen LogP contribution is -2.18. The molecule has 0 heterocycles. The summed E-state index contributed by atoms with van der Waals surface area (Å²) in [6.45, 7) is 1.59. The van der Waals surface area contributed by atoms with E-state index in [4.69, 9.17) is 0 Å². The second-order valence-corrected chi connectivity index (χ2v) is 3.06. The van der Waals surface area contributed by atoms with Crippen molar-refractivity contribution in [3.63, 3.8) is 0 Å². The molecule has 0 atom stereocenters. The fraction of sp³-hybridized carbons (Fsp3) is 0.182. The first-order chi connectivity index (χ1) is 7.83. The van der Waals surface area contributed by atoms with Gasteiger partial charge in [0.1, 0.15) is 0 Å². The normalized spacial score (nSPS) is 11.8. The summed E-state index contributed by atoms with van der Waals surface area (Å²) in [4.78, 5) is 11.3. The average Bonchev–Trinajstić information content (AvgIpc) is 2.19. The first-order valence-electron chi connectivity index (χ1n) is 4.56. The van der Waals surface area contributed by atoms with Crippen molar-refractivity contribution >= 4 is 5.78 Å². The number of carbonyl (C=O) groups excluding carboxylic acids is 1. The van der Waals surface area contributed by atoms with Crippen molar-refractivity contribution in [2.24, 2.45) is 0 Å². The van der Waals surface area contributed by atoms with Gasteiger partial charge in [0.25, 0.3) is 0 Å². The molecule has 0 fully saturated rings. The fourth-order valence-electron chi connectivity index (χ4n) is 1.11. The van der Waals surface area contributed by atoms with Gasteiger partial charge in [0.2, 0.25) is 0 Å². The average molecular weight is 248 g/mol. The maximum absolute atomic E-state index is 13.2. The molecule has 2 nitrogen and oxygen atoms in total. The van der Waals surface area contributed by atoms with Crippen LogP contribution in [-0.4, -0.2) is 12.1 Å². The molecule has 1 rings (SSSR count). The van der Waals surface area contributed by atoms with Crippen LogP contribution < -0.4 is 4.74 Å². The van der Waals surface area contributed by atoms with E-state index in [1.54, 1.807) is 6.92 Å². The molecule has 0 aromatic heterocycles. The highest BCUT2D eigenvalue weighted by atomic mass is 19.4. The van der Waals surface area contributed by atoms with Crippen LogP contribution in [0.1, 0.15) is 17.3 Å². The van der Waals surface area contributed by atoms with Crippen LogP contribution in [0, 0.1) is 5.82 Å². The van der Waals surface area contributed by atoms with Gasteiger partial charge in [-0.3, -0.25) is 4.79 Å². The second-order valence-electron chi connectivity index (χ2n) is 3.06. The van der Waals surface area contributed by atoms with Crippen LogP contribution >= 0.6 is 0 Å². The Morgan fingerprint density at radius 3 is 2.47 bits per heavy atom. The number of allylic oxidation sites excluding steroid dienone is 2. The molecule has 0 amide bonds. The fourth-order valence-corrected chi connectivity index (χ4v) is 1.11. The monoisotopic (exact) mass is 248 g/mol. The van der Waals surface area contributed by atoms with Crippen LogP contribution in [0.4, 0.5) is 17.6 Å². The summed E-state index contributed by atoms with van der Waals surface area (Å²) in [7, 11) is 0. The van der Waals surface area contributed by atoms with E-state index >= 15 is 0 Å². The molecule has 0 unspecified atom stereocenters. The number of carbonyl (C=O) groups is 1. The van der Waals surface area contributed by atoms with E-state index in [1.807, 2.05) is 0 Å². The molecular weight excluding hydrogens is 240 g/mol. The van der Waals surface area contributed by atoms with Crippen LogP contribution in [0.3, 0.4) is 0 Å². The van der Waals surface area contributed by atoms with E-state index in [2.05, 4.69) is 4.74 Å². The van der Waals surface area contributed by atoms with Crippen LogP contribution in [-0.2, 0) is 0 Å². The zero-order valence-electron chi connectivity index (χ0n) is 8.72. The van der Waals surface area contributed by atoms with Gasteiger partial charge in [-0.05, 0) is 31.2 Å². The van der Waals surface area contributed by atoms with Gasteiger partial charge in [0.15, 0.2) is 17.3 Å². The SMILES string of the molecule is C/C=C/C(=O)c1ccc(OC(F)(F)F)c(F)c1. The number of ketones is 1. The minimum atomic E-state index is -4.96. The van der Waals surface area contributed by atoms with E-state index in [-0.39, 0.29) is 5.56 Å². The summed E-state index contributed by atoms with van der Waals surface area (Å²) < 4.78 is 52.1. The Morgan fingerprint density at radius 2 is 2.00 bits per heavy atom. The predicted octanol–water partition coefficient (Wildman–Crippen LogP) is 3.48. The Bertz CT molecular complexity index is 449. The van der Waals surface area contributed by atoms with Crippen molar-refractivity contribution < 1.29 is 27.1 Å². The van der Waals surface area contributed by atoms with Crippen LogP contribution in [0.5, 0.6) is 5.75 Å². The minimum absolute atomic E-state index is 0.0462. The van der Waals surface area contributed by atoms with Crippen molar-refractivity contribution in [2.45, 2.75) is 13.3 Å². The topological polar surface area (TPSA) is 26.3 Å². The van der Waals surface area contributed by atoms with Gasteiger partial charge >= 0.3 is 6.36 Å². The van der Waals surface area contributed by atoms with Gasteiger partial charge in [-0.25, -0.2) is 4.39 Å². The van der Waals surface area contributed by atoms with E-state index in [1.165, 1.54) is 12.2 Å². The molecule has 92 valence electrons. The van der Waals surface area contributed by atoms with Crippen LogP contribution in [0.2, 0.25) is 0 Å². The first-order valence-corrected chi connectivity index (χ1v) is 4.56. The maximum Gasteiger partial charge on any atom is 0.573 e. The molecule has 1 aromatic carbocycles. The highest BCUT2D eigenvalue weighted by Gasteiger charge is 2.32. The third-order valence-electron chi connectivity index (χ3n) is 1.76. The zero-order valence-corrected chi connectivity index (χ0v) is 8.72. The number of halogens is 4. The number of benzene rings is 1. The van der Waals surface area contributed by atoms with Crippen LogP contribution in [0.25, 0.3) is 0 Å². The highest BCUT2D eigenvalue weighted by molar-refractivity contribution is 6.04. The van der Waals surface area contributed by atoms with Gasteiger partial charge in [-0.2, -0.15) is 0 Å². The molecule has 0 radical (unpaired) electrons. The molecule has 0 saturated heterocycles. The van der Waals surface area contributed by atoms with E-state index in [9.17, 15) is 22.4 Å². The molecule has 0 bridgehead atoms. The lowest BCUT2D eigenvalue weighted by atomic mass is 10.1. The van der Waals surface area contributed by atoms with E-state index in [0.29, 0.717) is 6.07 Å². The Kier molecular flexibility index (Phi) is 3.88. The quantitative estimate of drug-likeness (QED) is 0.465. The molecule has 0 aliphatic rings. The molecule has 0 aliphatic heterocycles. The Labute approximate surface area is 94.5 Å². The summed E-state index contributed by atoms with van der Waals surface area (Å²) in [6.07, 6.45) is -2.34. The largest absolute Gasteiger partial charge is 0.573 e. The van der Waals surface area contributed by atoms with Gasteiger partial charge in [-0.1, -0.05) is 6.08 Å². The summed E-state index contributed by atoms with van der Waals surface area (Å²) in [6, 6.07) is 2.52. The number of hydrogen-bond donors (Lipinski definition) is 0. The second kappa shape index (κ2) is 4.99. The molecule has 0 saturated carbocycles.